The number of nitrogens with zero attached hydrogens (tertiary/aromatic N) is 1. The van der Waals surface area contributed by atoms with Gasteiger partial charge in [-0.1, -0.05) is 49.2 Å². The average molecular weight is 367 g/mol. The van der Waals surface area contributed by atoms with Gasteiger partial charge < -0.3 is 14.6 Å². The highest BCUT2D eigenvalue weighted by Gasteiger charge is 2.26. The Morgan fingerprint density at radius 3 is 2.44 bits per heavy atom. The van der Waals surface area contributed by atoms with Gasteiger partial charge in [0.25, 0.3) is 0 Å². The molecule has 1 aliphatic carbocycles. The van der Waals surface area contributed by atoms with E-state index in [1.54, 1.807) is 0 Å². The minimum atomic E-state index is -0.186. The van der Waals surface area contributed by atoms with E-state index in [9.17, 15) is 5.11 Å². The molecule has 144 valence electrons. The number of fused-ring (bicyclic) bond motifs is 1. The van der Waals surface area contributed by atoms with Gasteiger partial charge in [-0.05, 0) is 43.1 Å². The highest BCUT2D eigenvalue weighted by molar-refractivity contribution is 5.40. The molecule has 3 unspecified atom stereocenters. The van der Waals surface area contributed by atoms with Gasteiger partial charge in [-0.15, -0.1) is 0 Å². The van der Waals surface area contributed by atoms with E-state index in [2.05, 4.69) is 36.2 Å². The van der Waals surface area contributed by atoms with Crippen LogP contribution in [-0.4, -0.2) is 41.9 Å². The molecule has 1 saturated carbocycles. The molecule has 1 fully saturated rings. The maximum Gasteiger partial charge on any atom is 0.161 e. The number of aliphatic hydroxyl groups is 1. The van der Waals surface area contributed by atoms with E-state index in [0.29, 0.717) is 6.61 Å². The quantitative estimate of drug-likeness (QED) is 0.873. The van der Waals surface area contributed by atoms with Crippen molar-refractivity contribution in [1.29, 1.82) is 0 Å². The van der Waals surface area contributed by atoms with Crippen molar-refractivity contribution < 1.29 is 14.6 Å². The predicted octanol–water partition coefficient (Wildman–Crippen LogP) is 3.80. The van der Waals surface area contributed by atoms with Crippen LogP contribution in [0, 0.1) is 0 Å². The van der Waals surface area contributed by atoms with Crippen LogP contribution in [0.1, 0.15) is 36.8 Å². The fourth-order valence-corrected chi connectivity index (χ4v) is 4.22. The number of rotatable bonds is 5. The first-order valence-electron chi connectivity index (χ1n) is 10.0. The first-order valence-corrected chi connectivity index (χ1v) is 10.0. The van der Waals surface area contributed by atoms with E-state index >= 15 is 0 Å². The number of hydrogen-bond donors (Lipinski definition) is 1. The second-order valence-electron chi connectivity index (χ2n) is 7.85. The molecule has 1 heterocycles. The molecule has 2 aromatic rings. The average Bonchev–Trinajstić information content (AvgIpc) is 2.70. The summed E-state index contributed by atoms with van der Waals surface area (Å²) in [5.41, 5.74) is 2.54. The maximum atomic E-state index is 10.2. The summed E-state index contributed by atoms with van der Waals surface area (Å²) in [5, 5.41) is 10.2. The Morgan fingerprint density at radius 2 is 1.67 bits per heavy atom. The highest BCUT2D eigenvalue weighted by atomic mass is 16.6. The molecule has 0 aromatic heterocycles. The molecule has 0 saturated heterocycles. The molecular weight excluding hydrogens is 338 g/mol. The van der Waals surface area contributed by atoms with Gasteiger partial charge in [0, 0.05) is 19.0 Å². The number of hydrogen-bond acceptors (Lipinski definition) is 4. The van der Waals surface area contributed by atoms with Crippen molar-refractivity contribution in [2.75, 3.05) is 13.7 Å². The van der Waals surface area contributed by atoms with E-state index in [1.807, 2.05) is 24.3 Å². The van der Waals surface area contributed by atoms with Crippen molar-refractivity contribution in [1.82, 2.24) is 4.90 Å². The van der Waals surface area contributed by atoms with E-state index in [-0.39, 0.29) is 18.2 Å². The van der Waals surface area contributed by atoms with Crippen LogP contribution in [0.3, 0.4) is 0 Å². The monoisotopic (exact) mass is 367 g/mol. The van der Waals surface area contributed by atoms with Crippen molar-refractivity contribution in [2.24, 2.45) is 0 Å². The van der Waals surface area contributed by atoms with Gasteiger partial charge in [0.1, 0.15) is 12.7 Å². The fraction of sp³-hybridized carbons (Fsp3) is 0.478. The second kappa shape index (κ2) is 8.32. The van der Waals surface area contributed by atoms with Gasteiger partial charge in [0.15, 0.2) is 11.5 Å². The minimum absolute atomic E-state index is 0.0470. The Balaban J connectivity index is 1.33. The topological polar surface area (TPSA) is 41.9 Å². The summed E-state index contributed by atoms with van der Waals surface area (Å²) in [6, 6.07) is 16.9. The zero-order valence-electron chi connectivity index (χ0n) is 16.0. The van der Waals surface area contributed by atoms with Crippen molar-refractivity contribution in [3.8, 4) is 11.5 Å². The van der Waals surface area contributed by atoms with Crippen LogP contribution in [0.2, 0.25) is 0 Å². The molecule has 3 atom stereocenters. The maximum absolute atomic E-state index is 10.2. The Labute approximate surface area is 161 Å². The summed E-state index contributed by atoms with van der Waals surface area (Å²) in [5.74, 6) is 1.66. The zero-order chi connectivity index (χ0) is 18.6. The smallest absolute Gasteiger partial charge is 0.161 e. The lowest BCUT2D eigenvalue weighted by Gasteiger charge is -2.35. The van der Waals surface area contributed by atoms with Crippen molar-refractivity contribution in [3.05, 3.63) is 59.7 Å². The molecule has 0 amide bonds. The van der Waals surface area contributed by atoms with Gasteiger partial charge in [-0.25, -0.2) is 0 Å². The standard InChI is InChI=1S/C23H29NO3/c1-24(20-6-2-3-7-21(20)25)15-18-12-10-17(11-13-18)14-19-16-26-22-8-4-5-9-23(22)27-19/h4-5,8-13,19-21,25H,2-3,6-7,14-16H2,1H3. The Morgan fingerprint density at radius 1 is 0.963 bits per heavy atom. The lowest BCUT2D eigenvalue weighted by molar-refractivity contribution is 0.0288. The van der Waals surface area contributed by atoms with E-state index < -0.39 is 0 Å². The molecule has 4 nitrogen and oxygen atoms in total. The highest BCUT2D eigenvalue weighted by Crippen LogP contribution is 2.31. The molecule has 2 aromatic carbocycles. The van der Waals surface area contributed by atoms with Gasteiger partial charge in [-0.2, -0.15) is 0 Å². The molecule has 1 N–H and O–H groups in total. The predicted molar refractivity (Wildman–Crippen MR) is 106 cm³/mol. The summed E-state index contributed by atoms with van der Waals surface area (Å²) in [6.07, 6.45) is 5.10. The summed E-state index contributed by atoms with van der Waals surface area (Å²) >= 11 is 0. The third-order valence-corrected chi connectivity index (χ3v) is 5.75. The molecule has 0 spiro atoms. The first-order chi connectivity index (χ1) is 13.2. The van der Waals surface area contributed by atoms with Crippen molar-refractivity contribution >= 4 is 0 Å². The molecule has 1 aliphatic heterocycles. The number of likely N-dealkylation sites (N-methyl/N-ethyl adjacent to an activating group) is 1. The summed E-state index contributed by atoms with van der Waals surface area (Å²) in [4.78, 5) is 2.30. The Bertz CT molecular complexity index is 746. The minimum Gasteiger partial charge on any atom is -0.486 e. The van der Waals surface area contributed by atoms with Crippen LogP contribution in [0.15, 0.2) is 48.5 Å². The van der Waals surface area contributed by atoms with Crippen molar-refractivity contribution in [3.63, 3.8) is 0 Å². The van der Waals surface area contributed by atoms with Crippen LogP contribution in [0.25, 0.3) is 0 Å². The molecule has 2 aliphatic rings. The zero-order valence-corrected chi connectivity index (χ0v) is 16.0. The normalized spacial score (nSPS) is 24.8. The number of para-hydroxylation sites is 2. The third-order valence-electron chi connectivity index (χ3n) is 5.75. The van der Waals surface area contributed by atoms with E-state index in [0.717, 1.165) is 43.7 Å². The third kappa shape index (κ3) is 4.45. The Kier molecular flexibility index (Phi) is 5.65. The summed E-state index contributed by atoms with van der Waals surface area (Å²) in [7, 11) is 2.12. The fourth-order valence-electron chi connectivity index (χ4n) is 4.22. The first kappa shape index (κ1) is 18.3. The van der Waals surface area contributed by atoms with Gasteiger partial charge >= 0.3 is 0 Å². The lowest BCUT2D eigenvalue weighted by Crippen LogP contribution is -2.42. The lowest BCUT2D eigenvalue weighted by atomic mass is 9.91. The van der Waals surface area contributed by atoms with Crippen LogP contribution >= 0.6 is 0 Å². The van der Waals surface area contributed by atoms with E-state index in [4.69, 9.17) is 9.47 Å². The summed E-state index contributed by atoms with van der Waals surface area (Å²) in [6.45, 7) is 1.46. The second-order valence-corrected chi connectivity index (χ2v) is 7.85. The Hall–Kier alpha value is -2.04. The van der Waals surface area contributed by atoms with Crippen LogP contribution in [0.4, 0.5) is 0 Å². The van der Waals surface area contributed by atoms with Crippen LogP contribution in [-0.2, 0) is 13.0 Å². The molecule has 0 radical (unpaired) electrons. The van der Waals surface area contributed by atoms with Gasteiger partial charge in [0.2, 0.25) is 0 Å². The van der Waals surface area contributed by atoms with E-state index in [1.165, 1.54) is 17.5 Å². The SMILES string of the molecule is CN(Cc1ccc(CC2COc3ccccc3O2)cc1)C1CCCCC1O. The van der Waals surface area contributed by atoms with Crippen molar-refractivity contribution in [2.45, 2.75) is 56.9 Å². The number of aliphatic hydroxyl groups excluding tert-OH is 1. The van der Waals surface area contributed by atoms with Crippen LogP contribution < -0.4 is 9.47 Å². The molecule has 27 heavy (non-hydrogen) atoms. The molecule has 4 heteroatoms. The molecule has 0 bridgehead atoms. The van der Waals surface area contributed by atoms with Crippen LogP contribution in [0.5, 0.6) is 11.5 Å². The number of benzene rings is 2. The summed E-state index contributed by atoms with van der Waals surface area (Å²) < 4.78 is 11.9. The molecule has 4 rings (SSSR count). The molecular formula is C23H29NO3. The van der Waals surface area contributed by atoms with Gasteiger partial charge in [0.05, 0.1) is 6.10 Å². The largest absolute Gasteiger partial charge is 0.486 e. The van der Waals surface area contributed by atoms with Gasteiger partial charge in [-0.3, -0.25) is 4.90 Å². The number of ether oxygens (including phenoxy) is 2.